The maximum Gasteiger partial charge on any atom is 0.284 e. The van der Waals surface area contributed by atoms with Crippen LogP contribution in [-0.4, -0.2) is 43.9 Å². The zero-order valence-corrected chi connectivity index (χ0v) is 14.0. The summed E-state index contributed by atoms with van der Waals surface area (Å²) in [7, 11) is 0. The van der Waals surface area contributed by atoms with Gasteiger partial charge in [0.2, 0.25) is 5.65 Å². The fraction of sp³-hybridized carbons (Fsp3) is 0.312. The topological polar surface area (TPSA) is 113 Å². The second-order valence-corrected chi connectivity index (χ2v) is 5.76. The molecule has 10 nitrogen and oxygen atoms in total. The minimum Gasteiger partial charge on any atom is -0.350 e. The van der Waals surface area contributed by atoms with Gasteiger partial charge in [0.25, 0.3) is 11.8 Å². The molecule has 1 saturated heterocycles. The second-order valence-electron chi connectivity index (χ2n) is 5.76. The number of hydrogen-bond donors (Lipinski definition) is 1. The van der Waals surface area contributed by atoms with E-state index >= 15 is 0 Å². The minimum absolute atomic E-state index is 0.0303. The molecule has 3 aromatic heterocycles. The minimum atomic E-state index is -0.851. The van der Waals surface area contributed by atoms with E-state index in [1.165, 1.54) is 6.20 Å². The van der Waals surface area contributed by atoms with Gasteiger partial charge in [0.15, 0.2) is 12.1 Å². The third-order valence-electron chi connectivity index (χ3n) is 3.84. The van der Waals surface area contributed by atoms with Crippen LogP contribution in [0, 0.1) is 5.82 Å². The summed E-state index contributed by atoms with van der Waals surface area (Å²) in [6.07, 6.45) is 4.77. The lowest BCUT2D eigenvalue weighted by Gasteiger charge is -2.22. The first kappa shape index (κ1) is 17.2. The summed E-state index contributed by atoms with van der Waals surface area (Å²) in [5, 5.41) is 7.57. The third-order valence-corrected chi connectivity index (χ3v) is 3.84. The predicted octanol–water partition coefficient (Wildman–Crippen LogP) is 1.39. The second kappa shape index (κ2) is 7.60. The predicted molar refractivity (Wildman–Crippen MR) is 87.7 cm³/mol. The number of hydrogen-bond acceptors (Lipinski definition) is 8. The smallest absolute Gasteiger partial charge is 0.284 e. The van der Waals surface area contributed by atoms with Gasteiger partial charge >= 0.3 is 0 Å². The molecular formula is C16H15FN6O4. The summed E-state index contributed by atoms with van der Waals surface area (Å²) < 4.78 is 19.6. The highest BCUT2D eigenvalue weighted by atomic mass is 19.1. The summed E-state index contributed by atoms with van der Waals surface area (Å²) in [4.78, 5) is 31.3. The van der Waals surface area contributed by atoms with Crippen molar-refractivity contribution < 1.29 is 23.6 Å². The summed E-state index contributed by atoms with van der Waals surface area (Å²) in [5.74, 6) is -1.87. The molecule has 0 aliphatic carbocycles. The van der Waals surface area contributed by atoms with Crippen molar-refractivity contribution in [2.24, 2.45) is 0 Å². The van der Waals surface area contributed by atoms with Crippen molar-refractivity contribution >= 4 is 17.1 Å². The van der Waals surface area contributed by atoms with Crippen molar-refractivity contribution in [3.05, 3.63) is 42.0 Å². The zero-order chi connectivity index (χ0) is 18.6. The van der Waals surface area contributed by atoms with Crippen LogP contribution in [0.4, 0.5) is 4.39 Å². The number of carbonyl (C=O) groups excluding carboxylic acids is 1. The quantitative estimate of drug-likeness (QED) is 0.667. The largest absolute Gasteiger partial charge is 0.350 e. The normalized spacial score (nSPS) is 17.0. The Labute approximate surface area is 152 Å². The maximum atomic E-state index is 14.3. The SMILES string of the molecule is O=C(NOC1CCCCO1)c1cnc(On2nnc3cccnc32)c(F)c1. The molecule has 0 bridgehead atoms. The molecule has 27 heavy (non-hydrogen) atoms. The number of aromatic nitrogens is 5. The van der Waals surface area contributed by atoms with Crippen LogP contribution in [0.15, 0.2) is 30.6 Å². The average Bonchev–Trinajstić information content (AvgIpc) is 3.11. The van der Waals surface area contributed by atoms with E-state index in [1.54, 1.807) is 12.1 Å². The lowest BCUT2D eigenvalue weighted by molar-refractivity contribution is -0.186. The number of carbonyl (C=O) groups is 1. The molecule has 0 spiro atoms. The molecule has 4 rings (SSSR count). The Hall–Kier alpha value is -3.18. The number of halogens is 1. The molecule has 11 heteroatoms. The summed E-state index contributed by atoms with van der Waals surface area (Å²) in [6, 6.07) is 4.35. The Kier molecular flexibility index (Phi) is 4.85. The number of pyridine rings is 2. The monoisotopic (exact) mass is 374 g/mol. The van der Waals surface area contributed by atoms with Crippen LogP contribution in [0.25, 0.3) is 11.2 Å². The van der Waals surface area contributed by atoms with Gasteiger partial charge in [0.1, 0.15) is 5.52 Å². The van der Waals surface area contributed by atoms with Gasteiger partial charge in [-0.1, -0.05) is 4.85 Å². The first-order chi connectivity index (χ1) is 13.2. The van der Waals surface area contributed by atoms with Crippen LogP contribution in [0.3, 0.4) is 0 Å². The van der Waals surface area contributed by atoms with E-state index in [-0.39, 0.29) is 11.4 Å². The third kappa shape index (κ3) is 3.83. The number of amides is 1. The molecule has 1 atom stereocenters. The first-order valence-corrected chi connectivity index (χ1v) is 8.28. The van der Waals surface area contributed by atoms with Crippen LogP contribution in [0.5, 0.6) is 5.88 Å². The molecule has 0 aromatic carbocycles. The lowest BCUT2D eigenvalue weighted by Crippen LogP contribution is -2.33. The van der Waals surface area contributed by atoms with Gasteiger partial charge in [0.05, 0.1) is 5.56 Å². The van der Waals surface area contributed by atoms with Crippen LogP contribution < -0.4 is 10.3 Å². The van der Waals surface area contributed by atoms with E-state index in [2.05, 4.69) is 25.8 Å². The van der Waals surface area contributed by atoms with Gasteiger partial charge in [-0.05, 0) is 36.3 Å². The number of rotatable bonds is 5. The van der Waals surface area contributed by atoms with Gasteiger partial charge in [-0.15, -0.1) is 5.10 Å². The standard InChI is InChI=1S/C16H15FN6O4/c17-11-8-10(15(24)21-26-13-5-1-2-7-25-13)9-19-16(11)27-23-14-12(20-22-23)4-3-6-18-14/h3-4,6,8-9,13H,1-2,5,7H2,(H,21,24). The van der Waals surface area contributed by atoms with Crippen molar-refractivity contribution in [3.8, 4) is 5.88 Å². The molecule has 1 N–H and O–H groups in total. The Morgan fingerprint density at radius 1 is 1.37 bits per heavy atom. The van der Waals surface area contributed by atoms with Gasteiger partial charge in [-0.25, -0.2) is 24.7 Å². The van der Waals surface area contributed by atoms with Crippen LogP contribution in [0.1, 0.15) is 29.6 Å². The first-order valence-electron chi connectivity index (χ1n) is 8.28. The molecule has 1 aliphatic heterocycles. The Morgan fingerprint density at radius 3 is 3.11 bits per heavy atom. The molecule has 0 radical (unpaired) electrons. The van der Waals surface area contributed by atoms with E-state index in [4.69, 9.17) is 14.4 Å². The summed E-state index contributed by atoms with van der Waals surface area (Å²) >= 11 is 0. The molecule has 1 aliphatic rings. The molecule has 140 valence electrons. The molecule has 1 fully saturated rings. The summed E-state index contributed by atoms with van der Waals surface area (Å²) in [6.45, 7) is 0.578. The fourth-order valence-corrected chi connectivity index (χ4v) is 2.49. The molecule has 1 unspecified atom stereocenters. The number of nitrogens with one attached hydrogen (secondary N) is 1. The summed E-state index contributed by atoms with van der Waals surface area (Å²) in [5.41, 5.74) is 3.00. The number of fused-ring (bicyclic) bond motifs is 1. The molecule has 4 heterocycles. The van der Waals surface area contributed by atoms with Crippen molar-refractivity contribution in [2.45, 2.75) is 25.6 Å². The Balaban J connectivity index is 1.43. The van der Waals surface area contributed by atoms with Gasteiger partial charge in [0, 0.05) is 25.4 Å². The number of hydroxylamine groups is 1. The van der Waals surface area contributed by atoms with Crippen molar-refractivity contribution in [1.29, 1.82) is 0 Å². The van der Waals surface area contributed by atoms with Gasteiger partial charge < -0.3 is 9.57 Å². The van der Waals surface area contributed by atoms with Crippen molar-refractivity contribution in [1.82, 2.24) is 30.6 Å². The van der Waals surface area contributed by atoms with Crippen LogP contribution in [-0.2, 0) is 9.57 Å². The van der Waals surface area contributed by atoms with Crippen LogP contribution in [0.2, 0.25) is 0 Å². The highest BCUT2D eigenvalue weighted by Crippen LogP contribution is 2.17. The van der Waals surface area contributed by atoms with Crippen molar-refractivity contribution in [3.63, 3.8) is 0 Å². The van der Waals surface area contributed by atoms with E-state index < -0.39 is 18.0 Å². The van der Waals surface area contributed by atoms with E-state index in [0.29, 0.717) is 24.2 Å². The van der Waals surface area contributed by atoms with Gasteiger partial charge in [-0.3, -0.25) is 4.79 Å². The molecule has 3 aromatic rings. The van der Waals surface area contributed by atoms with Crippen LogP contribution >= 0.6 is 0 Å². The lowest BCUT2D eigenvalue weighted by atomic mass is 10.2. The van der Waals surface area contributed by atoms with E-state index in [9.17, 15) is 9.18 Å². The molecule has 1 amide bonds. The number of ether oxygens (including phenoxy) is 1. The Bertz CT molecular complexity index is 959. The highest BCUT2D eigenvalue weighted by Gasteiger charge is 2.18. The Morgan fingerprint density at radius 2 is 2.30 bits per heavy atom. The van der Waals surface area contributed by atoms with E-state index in [1.807, 2.05) is 0 Å². The molecular weight excluding hydrogens is 359 g/mol. The fourth-order valence-electron chi connectivity index (χ4n) is 2.49. The molecule has 0 saturated carbocycles. The average molecular weight is 374 g/mol. The number of nitrogens with zero attached hydrogens (tertiary/aromatic N) is 5. The van der Waals surface area contributed by atoms with Crippen molar-refractivity contribution in [2.75, 3.05) is 6.61 Å². The maximum absolute atomic E-state index is 14.3. The zero-order valence-electron chi connectivity index (χ0n) is 14.0. The highest BCUT2D eigenvalue weighted by molar-refractivity contribution is 5.93. The van der Waals surface area contributed by atoms with Gasteiger partial charge in [-0.2, -0.15) is 0 Å². The van der Waals surface area contributed by atoms with E-state index in [0.717, 1.165) is 29.9 Å².